The van der Waals surface area contributed by atoms with Crippen LogP contribution in [0.4, 0.5) is 11.4 Å². The molecular weight excluding hydrogens is 486 g/mol. The highest BCUT2D eigenvalue weighted by atomic mass is 16.5. The largest absolute Gasteiger partial charge is 0.399 e. The first-order valence-corrected chi connectivity index (χ1v) is 14.2. The maximum absolute atomic E-state index is 14.1. The fraction of sp³-hybridized carbons (Fsp3) is 0.469. The van der Waals surface area contributed by atoms with E-state index in [1.807, 2.05) is 18.2 Å². The zero-order chi connectivity index (χ0) is 27.3. The molecule has 3 heterocycles. The maximum atomic E-state index is 14.1. The smallest absolute Gasteiger partial charge is 0.195 e. The molecule has 6 rings (SSSR count). The molecule has 0 bridgehead atoms. The first kappa shape index (κ1) is 25.9. The number of carbonyl (C=O) groups is 1. The molecule has 7 nitrogen and oxygen atoms in total. The lowest BCUT2D eigenvalue weighted by Crippen LogP contribution is -2.56. The number of aromatic amines is 1. The number of benzene rings is 2. The minimum absolute atomic E-state index is 0.0588. The minimum Gasteiger partial charge on any atom is -0.399 e. The molecule has 0 radical (unpaired) electrons. The summed E-state index contributed by atoms with van der Waals surface area (Å²) in [6.07, 6.45) is 0. The van der Waals surface area contributed by atoms with Crippen molar-refractivity contribution in [1.29, 1.82) is 0 Å². The van der Waals surface area contributed by atoms with Crippen molar-refractivity contribution in [2.75, 3.05) is 69.7 Å². The predicted octanol–water partition coefficient (Wildman–Crippen LogP) is 3.83. The van der Waals surface area contributed by atoms with Crippen LogP contribution in [0.1, 0.15) is 60.4 Å². The van der Waals surface area contributed by atoms with Crippen LogP contribution in [0.25, 0.3) is 10.9 Å². The molecule has 2 aromatic carbocycles. The normalized spacial score (nSPS) is 19.0. The van der Waals surface area contributed by atoms with Gasteiger partial charge in [0.05, 0.1) is 37.1 Å². The van der Waals surface area contributed by atoms with Crippen molar-refractivity contribution in [3.8, 4) is 11.8 Å². The van der Waals surface area contributed by atoms with Crippen molar-refractivity contribution in [3.05, 3.63) is 58.3 Å². The third-order valence-electron chi connectivity index (χ3n) is 8.94. The molecule has 204 valence electrons. The number of nitrogens with two attached hydrogens (primary N) is 1. The number of nitrogens with zero attached hydrogens (tertiary/aromatic N) is 3. The van der Waals surface area contributed by atoms with Gasteiger partial charge in [0.2, 0.25) is 0 Å². The molecule has 0 atom stereocenters. The van der Waals surface area contributed by atoms with Gasteiger partial charge in [-0.05, 0) is 42.9 Å². The highest BCUT2D eigenvalue weighted by molar-refractivity contribution is 6.20. The van der Waals surface area contributed by atoms with Gasteiger partial charge in [-0.2, -0.15) is 0 Å². The number of nitrogens with one attached hydrogen (secondary N) is 1. The van der Waals surface area contributed by atoms with Gasteiger partial charge < -0.3 is 20.4 Å². The minimum atomic E-state index is -0.376. The molecule has 2 aliphatic heterocycles. The number of nitrogen functional groups attached to an aromatic ring is 1. The molecule has 1 aliphatic carbocycles. The van der Waals surface area contributed by atoms with E-state index in [1.165, 1.54) is 0 Å². The number of ether oxygens (including phenoxy) is 1. The van der Waals surface area contributed by atoms with Crippen molar-refractivity contribution < 1.29 is 9.53 Å². The second-order valence-corrected chi connectivity index (χ2v) is 11.5. The second-order valence-electron chi connectivity index (χ2n) is 11.5. The molecule has 0 spiro atoms. The molecule has 39 heavy (non-hydrogen) atoms. The maximum Gasteiger partial charge on any atom is 0.195 e. The van der Waals surface area contributed by atoms with Crippen LogP contribution in [0.5, 0.6) is 0 Å². The summed E-state index contributed by atoms with van der Waals surface area (Å²) in [6, 6.07) is 10.6. The number of carbonyl (C=O) groups excluding carboxylic acids is 1. The van der Waals surface area contributed by atoms with E-state index in [2.05, 4.69) is 71.4 Å². The summed E-state index contributed by atoms with van der Waals surface area (Å²) in [7, 11) is 0. The average molecular weight is 526 g/mol. The van der Waals surface area contributed by atoms with Gasteiger partial charge in [-0.3, -0.25) is 14.6 Å². The highest BCUT2D eigenvalue weighted by Crippen LogP contribution is 2.45. The Labute approximate surface area is 231 Å². The van der Waals surface area contributed by atoms with E-state index >= 15 is 0 Å². The van der Waals surface area contributed by atoms with Crippen LogP contribution in [0.15, 0.2) is 30.3 Å². The molecule has 0 amide bonds. The van der Waals surface area contributed by atoms with Gasteiger partial charge in [-0.25, -0.2) is 0 Å². The number of ketones is 1. The van der Waals surface area contributed by atoms with Crippen LogP contribution in [0.2, 0.25) is 0 Å². The molecular formula is C32H39N5O2. The number of fused-ring (bicyclic) bond motifs is 4. The van der Waals surface area contributed by atoms with Crippen molar-refractivity contribution in [3.63, 3.8) is 0 Å². The average Bonchev–Trinajstić information content (AvgIpc) is 3.29. The van der Waals surface area contributed by atoms with E-state index in [0.29, 0.717) is 18.3 Å². The second kappa shape index (κ2) is 10.0. The summed E-state index contributed by atoms with van der Waals surface area (Å²) in [5, 5.41) is 0.928. The van der Waals surface area contributed by atoms with E-state index in [1.54, 1.807) is 0 Å². The summed E-state index contributed by atoms with van der Waals surface area (Å²) in [6.45, 7) is 17.0. The molecule has 2 saturated heterocycles. The molecule has 3 N–H and O–H groups in total. The first-order chi connectivity index (χ1) is 18.8. The fourth-order valence-corrected chi connectivity index (χ4v) is 6.30. The monoisotopic (exact) mass is 525 g/mol. The zero-order valence-electron chi connectivity index (χ0n) is 23.6. The summed E-state index contributed by atoms with van der Waals surface area (Å²) >= 11 is 0. The molecule has 0 unspecified atom stereocenters. The van der Waals surface area contributed by atoms with E-state index in [4.69, 9.17) is 10.5 Å². The number of hydrogen-bond donors (Lipinski definition) is 2. The Hall–Kier alpha value is -3.31. The van der Waals surface area contributed by atoms with Crippen molar-refractivity contribution >= 4 is 28.1 Å². The standard InChI is InChI=1S/C32H39N5O2/c1-5-35(6-2)11-7-8-21-16-25-26(18-28(21)37-14-12-36(13-15-37)23-19-39-20-23)32(3,4)31-29(30(25)38)24-10-9-22(33)17-27(24)34-31/h9-10,16-18,23,34H,5-6,11-15,19-20,33H2,1-4H3. The van der Waals surface area contributed by atoms with E-state index in [-0.39, 0.29) is 11.2 Å². The topological polar surface area (TPSA) is 77.8 Å². The molecule has 2 fully saturated rings. The van der Waals surface area contributed by atoms with Gasteiger partial charge in [-0.15, -0.1) is 0 Å². The van der Waals surface area contributed by atoms with E-state index in [0.717, 1.165) is 97.0 Å². The van der Waals surface area contributed by atoms with Crippen LogP contribution < -0.4 is 10.6 Å². The Morgan fingerprint density at radius 1 is 1.10 bits per heavy atom. The number of rotatable bonds is 5. The molecule has 3 aliphatic rings. The van der Waals surface area contributed by atoms with Crippen LogP contribution in [0, 0.1) is 11.8 Å². The molecule has 1 aromatic heterocycles. The molecule has 3 aromatic rings. The number of hydrogen-bond acceptors (Lipinski definition) is 6. The van der Waals surface area contributed by atoms with Crippen molar-refractivity contribution in [1.82, 2.24) is 14.8 Å². The SMILES string of the molecule is CCN(CC)CC#Cc1cc2c(cc1N1CCN(C3COC3)CC1)C(C)(C)c1[nH]c3cc(N)ccc3c1C2=O. The third kappa shape index (κ3) is 4.41. The Morgan fingerprint density at radius 3 is 2.51 bits per heavy atom. The predicted molar refractivity (Wildman–Crippen MR) is 158 cm³/mol. The summed E-state index contributed by atoms with van der Waals surface area (Å²) in [4.78, 5) is 25.0. The van der Waals surface area contributed by atoms with Gasteiger partial charge in [0.25, 0.3) is 0 Å². The lowest BCUT2D eigenvalue weighted by atomic mass is 9.70. The quantitative estimate of drug-likeness (QED) is 0.390. The number of H-pyrrole nitrogens is 1. The summed E-state index contributed by atoms with van der Waals surface area (Å²) in [5.41, 5.74) is 12.9. The van der Waals surface area contributed by atoms with Gasteiger partial charge in [-0.1, -0.05) is 45.6 Å². The van der Waals surface area contributed by atoms with E-state index in [9.17, 15) is 4.79 Å². The third-order valence-corrected chi connectivity index (χ3v) is 8.94. The Morgan fingerprint density at radius 2 is 1.85 bits per heavy atom. The summed E-state index contributed by atoms with van der Waals surface area (Å²) in [5.74, 6) is 6.95. The lowest BCUT2D eigenvalue weighted by Gasteiger charge is -2.43. The highest BCUT2D eigenvalue weighted by Gasteiger charge is 2.41. The summed E-state index contributed by atoms with van der Waals surface area (Å²) < 4.78 is 5.43. The van der Waals surface area contributed by atoms with Gasteiger partial charge in [0.15, 0.2) is 5.78 Å². The Bertz CT molecular complexity index is 1480. The fourth-order valence-electron chi connectivity index (χ4n) is 6.30. The number of anilines is 2. The van der Waals surface area contributed by atoms with Gasteiger partial charge in [0.1, 0.15) is 0 Å². The Balaban J connectivity index is 1.43. The first-order valence-electron chi connectivity index (χ1n) is 14.2. The van der Waals surface area contributed by atoms with E-state index < -0.39 is 0 Å². The Kier molecular flexibility index (Phi) is 6.66. The molecule has 0 saturated carbocycles. The van der Waals surface area contributed by atoms with Crippen LogP contribution in [-0.2, 0) is 10.2 Å². The van der Waals surface area contributed by atoms with Crippen LogP contribution >= 0.6 is 0 Å². The van der Waals surface area contributed by atoms with Gasteiger partial charge in [0, 0.05) is 65.0 Å². The van der Waals surface area contributed by atoms with Crippen LogP contribution in [0.3, 0.4) is 0 Å². The van der Waals surface area contributed by atoms with Crippen LogP contribution in [-0.4, -0.2) is 85.6 Å². The molecule has 7 heteroatoms. The zero-order valence-corrected chi connectivity index (χ0v) is 23.6. The van der Waals surface area contributed by atoms with Gasteiger partial charge >= 0.3 is 0 Å². The number of aromatic nitrogens is 1. The van der Waals surface area contributed by atoms with Crippen molar-refractivity contribution in [2.45, 2.75) is 39.2 Å². The lowest BCUT2D eigenvalue weighted by molar-refractivity contribution is -0.0660. The van der Waals surface area contributed by atoms with Crippen molar-refractivity contribution in [2.24, 2.45) is 0 Å². The number of piperazine rings is 1.